The topological polar surface area (TPSA) is 110 Å². The highest BCUT2D eigenvalue weighted by Gasteiger charge is 2.40. The van der Waals surface area contributed by atoms with Crippen LogP contribution in [0.15, 0.2) is 48.5 Å². The molecule has 0 radical (unpaired) electrons. The van der Waals surface area contributed by atoms with Crippen molar-refractivity contribution in [3.8, 4) is 11.5 Å². The molecule has 3 amide bonds. The van der Waals surface area contributed by atoms with Gasteiger partial charge in [-0.2, -0.15) is 0 Å². The number of benzene rings is 2. The summed E-state index contributed by atoms with van der Waals surface area (Å²) in [6.07, 6.45) is 4.96. The number of amides is 3. The molecule has 3 heterocycles. The molecular formula is C32H32F2N4O5. The number of carbonyl (C=O) groups is 3. The van der Waals surface area contributed by atoms with Gasteiger partial charge in [-0.3, -0.25) is 14.4 Å². The number of pyridine rings is 1. The second-order valence-electron chi connectivity index (χ2n) is 11.2. The molecule has 11 heteroatoms. The van der Waals surface area contributed by atoms with Crippen molar-refractivity contribution in [3.63, 3.8) is 0 Å². The van der Waals surface area contributed by atoms with Gasteiger partial charge in [0.25, 0.3) is 5.91 Å². The van der Waals surface area contributed by atoms with Gasteiger partial charge in [-0.1, -0.05) is 18.2 Å². The second kappa shape index (κ2) is 12.0. The molecule has 3 aromatic rings. The lowest BCUT2D eigenvalue weighted by molar-refractivity contribution is -0.138. The monoisotopic (exact) mass is 590 g/mol. The van der Waals surface area contributed by atoms with Crippen molar-refractivity contribution >= 4 is 34.7 Å². The Hall–Kier alpha value is -4.54. The standard InChI is InChI=1S/C32H32F2N4O5/c1-18(24-15-29-28(42-10-11-43-29)13-20(24)5-4-19-2-3-19)36-32(41)27-14-23(34)17-38(27)30(39)16-35-31(40)26-8-6-21-12-22(33)7-9-25(21)37-26/h4-9,12-13,15,18-19,23,27H,2-3,10-11,14,16-17H2,1H3,(H,35,40)(H,36,41)/b5-4+/t18-,23+,27-/m0/s1. The molecule has 9 nitrogen and oxygen atoms in total. The van der Waals surface area contributed by atoms with Crippen LogP contribution >= 0.6 is 0 Å². The molecule has 0 bridgehead atoms. The van der Waals surface area contributed by atoms with Gasteiger partial charge in [0, 0.05) is 11.8 Å². The highest BCUT2D eigenvalue weighted by molar-refractivity contribution is 5.97. The normalized spacial score (nSPS) is 20.3. The third-order valence-corrected chi connectivity index (χ3v) is 7.90. The highest BCUT2D eigenvalue weighted by Crippen LogP contribution is 2.38. The van der Waals surface area contributed by atoms with Gasteiger partial charge < -0.3 is 25.0 Å². The van der Waals surface area contributed by atoms with E-state index in [0.717, 1.165) is 24.0 Å². The molecule has 0 spiro atoms. The molecule has 1 saturated heterocycles. The first-order chi connectivity index (χ1) is 20.7. The van der Waals surface area contributed by atoms with Crippen LogP contribution in [-0.2, 0) is 9.59 Å². The third-order valence-electron chi connectivity index (χ3n) is 7.90. The predicted molar refractivity (Wildman–Crippen MR) is 155 cm³/mol. The van der Waals surface area contributed by atoms with E-state index in [1.165, 1.54) is 29.2 Å². The van der Waals surface area contributed by atoms with Crippen LogP contribution in [0.4, 0.5) is 8.78 Å². The molecule has 6 rings (SSSR count). The van der Waals surface area contributed by atoms with Crippen LogP contribution < -0.4 is 20.1 Å². The minimum absolute atomic E-state index is 0.0470. The molecular weight excluding hydrogens is 558 g/mol. The van der Waals surface area contributed by atoms with E-state index >= 15 is 0 Å². The molecule has 1 saturated carbocycles. The zero-order chi connectivity index (χ0) is 30.1. The van der Waals surface area contributed by atoms with E-state index in [4.69, 9.17) is 9.47 Å². The SMILES string of the molecule is C[C@H](NC(=O)[C@@H]1C[C@@H](F)CN1C(=O)CNC(=O)c1ccc2cc(F)ccc2n1)c1cc2c(cc1/C=C/C1CC1)OCCO2. The summed E-state index contributed by atoms with van der Waals surface area (Å²) in [5.74, 6) is -0.315. The Bertz CT molecular complexity index is 1610. The number of allylic oxidation sites excluding steroid dienone is 1. The minimum Gasteiger partial charge on any atom is -0.486 e. The first-order valence-electron chi connectivity index (χ1n) is 14.5. The zero-order valence-electron chi connectivity index (χ0n) is 23.6. The number of halogens is 2. The minimum atomic E-state index is -1.38. The van der Waals surface area contributed by atoms with Gasteiger partial charge in [0.2, 0.25) is 11.8 Å². The van der Waals surface area contributed by atoms with Gasteiger partial charge in [0.1, 0.15) is 36.9 Å². The summed E-state index contributed by atoms with van der Waals surface area (Å²) in [4.78, 5) is 44.6. The number of alkyl halides is 1. The van der Waals surface area contributed by atoms with E-state index in [9.17, 15) is 23.2 Å². The number of carbonyl (C=O) groups excluding carboxylic acids is 3. The van der Waals surface area contributed by atoms with Gasteiger partial charge >= 0.3 is 0 Å². The Balaban J connectivity index is 1.12. The fraction of sp³-hybridized carbons (Fsp3) is 0.375. The van der Waals surface area contributed by atoms with Crippen LogP contribution in [-0.4, -0.2) is 66.1 Å². The van der Waals surface area contributed by atoms with Gasteiger partial charge in [-0.15, -0.1) is 0 Å². The molecule has 3 aliphatic rings. The average Bonchev–Trinajstić information content (AvgIpc) is 3.76. The fourth-order valence-electron chi connectivity index (χ4n) is 5.44. The maximum atomic E-state index is 14.5. The van der Waals surface area contributed by atoms with Crippen molar-refractivity contribution in [1.29, 1.82) is 0 Å². The third kappa shape index (κ3) is 6.45. The first-order valence-corrected chi connectivity index (χ1v) is 14.5. The number of aromatic nitrogens is 1. The van der Waals surface area contributed by atoms with Gasteiger partial charge in [-0.05, 0) is 73.2 Å². The summed E-state index contributed by atoms with van der Waals surface area (Å²) in [6, 6.07) is 9.26. The highest BCUT2D eigenvalue weighted by atomic mass is 19.1. The van der Waals surface area contributed by atoms with E-state index in [1.54, 1.807) is 6.07 Å². The average molecular weight is 591 g/mol. The van der Waals surface area contributed by atoms with Crippen LogP contribution in [0.2, 0.25) is 0 Å². The number of likely N-dealkylation sites (tertiary alicyclic amines) is 1. The summed E-state index contributed by atoms with van der Waals surface area (Å²) in [7, 11) is 0. The lowest BCUT2D eigenvalue weighted by atomic mass is 9.98. The summed E-state index contributed by atoms with van der Waals surface area (Å²) in [5.41, 5.74) is 2.18. The van der Waals surface area contributed by atoms with Crippen molar-refractivity contribution in [3.05, 3.63) is 71.2 Å². The molecule has 2 aromatic carbocycles. The maximum Gasteiger partial charge on any atom is 0.270 e. The van der Waals surface area contributed by atoms with Crippen molar-refractivity contribution in [1.82, 2.24) is 20.5 Å². The maximum absolute atomic E-state index is 14.5. The molecule has 1 aromatic heterocycles. The van der Waals surface area contributed by atoms with Crippen LogP contribution in [0.5, 0.6) is 11.5 Å². The molecule has 2 N–H and O–H groups in total. The van der Waals surface area contributed by atoms with Crippen molar-refractivity contribution in [2.24, 2.45) is 5.92 Å². The first kappa shape index (κ1) is 28.6. The summed E-state index contributed by atoms with van der Waals surface area (Å²) < 4.78 is 39.5. The van der Waals surface area contributed by atoms with Gasteiger partial charge in [-0.25, -0.2) is 13.8 Å². The number of rotatable bonds is 8. The Morgan fingerprint density at radius 2 is 1.86 bits per heavy atom. The van der Waals surface area contributed by atoms with Crippen LogP contribution in [0.3, 0.4) is 0 Å². The lowest BCUT2D eigenvalue weighted by Gasteiger charge is -2.27. The Kier molecular flexibility index (Phi) is 7.96. The van der Waals surface area contributed by atoms with Gasteiger partial charge in [0.05, 0.1) is 24.6 Å². The number of nitrogens with one attached hydrogen (secondary N) is 2. The summed E-state index contributed by atoms with van der Waals surface area (Å²) in [6.45, 7) is 2.03. The second-order valence-corrected chi connectivity index (χ2v) is 11.2. The van der Waals surface area contributed by atoms with Gasteiger partial charge in [0.15, 0.2) is 11.5 Å². The number of fused-ring (bicyclic) bond motifs is 2. The molecule has 224 valence electrons. The smallest absolute Gasteiger partial charge is 0.270 e. The largest absolute Gasteiger partial charge is 0.486 e. The molecule has 1 aliphatic carbocycles. The Morgan fingerprint density at radius 1 is 1.09 bits per heavy atom. The van der Waals surface area contributed by atoms with E-state index in [-0.39, 0.29) is 18.7 Å². The lowest BCUT2D eigenvalue weighted by Crippen LogP contribution is -2.49. The van der Waals surface area contributed by atoms with Crippen molar-refractivity contribution < 1.29 is 32.6 Å². The number of hydrogen-bond donors (Lipinski definition) is 2. The van der Waals surface area contributed by atoms with E-state index in [0.29, 0.717) is 41.5 Å². The predicted octanol–water partition coefficient (Wildman–Crippen LogP) is 4.11. The Labute approximate surface area is 247 Å². The summed E-state index contributed by atoms with van der Waals surface area (Å²) in [5, 5.41) is 5.99. The van der Waals surface area contributed by atoms with E-state index in [2.05, 4.69) is 21.7 Å². The number of nitrogens with zero attached hydrogens (tertiary/aromatic N) is 2. The zero-order valence-corrected chi connectivity index (χ0v) is 23.6. The molecule has 3 atom stereocenters. The molecule has 2 aliphatic heterocycles. The quantitative estimate of drug-likeness (QED) is 0.409. The van der Waals surface area contributed by atoms with E-state index in [1.807, 2.05) is 25.1 Å². The summed E-state index contributed by atoms with van der Waals surface area (Å²) >= 11 is 0. The molecule has 43 heavy (non-hydrogen) atoms. The van der Waals surface area contributed by atoms with Crippen molar-refractivity contribution in [2.75, 3.05) is 26.3 Å². The number of hydrogen-bond acceptors (Lipinski definition) is 6. The van der Waals surface area contributed by atoms with Crippen LogP contribution in [0, 0.1) is 11.7 Å². The van der Waals surface area contributed by atoms with E-state index < -0.39 is 48.3 Å². The number of ether oxygens (including phenoxy) is 2. The van der Waals surface area contributed by atoms with Crippen LogP contribution in [0.25, 0.3) is 17.0 Å². The Morgan fingerprint density at radius 3 is 2.63 bits per heavy atom. The van der Waals surface area contributed by atoms with Crippen molar-refractivity contribution in [2.45, 2.75) is 44.4 Å². The molecule has 2 fully saturated rings. The van der Waals surface area contributed by atoms with Crippen LogP contribution in [0.1, 0.15) is 53.8 Å². The molecule has 0 unspecified atom stereocenters. The fourth-order valence-corrected chi connectivity index (χ4v) is 5.44.